The maximum atomic E-state index is 12.6. The second-order valence-electron chi connectivity index (χ2n) is 6.43. The molecule has 3 aromatic carbocycles. The van der Waals surface area contributed by atoms with Gasteiger partial charge < -0.3 is 4.90 Å². The van der Waals surface area contributed by atoms with Crippen LogP contribution in [0.5, 0.6) is 0 Å². The van der Waals surface area contributed by atoms with E-state index in [4.69, 9.17) is 23.2 Å². The standard InChI is InChI=1S/C21H18Cl2N2O3S/c1-25(14-15-3-2-4-18(23)13-15)21(26)16-5-9-19(10-6-16)24-29(27,28)20-11-7-17(22)8-12-20/h2-13,24H,14H2,1H3. The van der Waals surface area contributed by atoms with E-state index in [2.05, 4.69) is 4.72 Å². The van der Waals surface area contributed by atoms with Crippen molar-refractivity contribution in [1.29, 1.82) is 0 Å². The molecule has 0 atom stereocenters. The minimum absolute atomic E-state index is 0.100. The number of halogens is 2. The lowest BCUT2D eigenvalue weighted by Gasteiger charge is -2.18. The molecule has 150 valence electrons. The van der Waals surface area contributed by atoms with Gasteiger partial charge in [-0.3, -0.25) is 9.52 Å². The van der Waals surface area contributed by atoms with Gasteiger partial charge in [0.2, 0.25) is 0 Å². The van der Waals surface area contributed by atoms with E-state index < -0.39 is 10.0 Å². The summed E-state index contributed by atoms with van der Waals surface area (Å²) in [6.07, 6.45) is 0. The third-order valence-corrected chi connectivity index (χ3v) is 6.05. The van der Waals surface area contributed by atoms with Crippen LogP contribution in [0.1, 0.15) is 15.9 Å². The van der Waals surface area contributed by atoms with Crippen molar-refractivity contribution in [3.8, 4) is 0 Å². The zero-order valence-corrected chi connectivity index (χ0v) is 17.8. The Balaban J connectivity index is 1.69. The molecule has 1 N–H and O–H groups in total. The van der Waals surface area contributed by atoms with E-state index >= 15 is 0 Å². The number of carbonyl (C=O) groups is 1. The van der Waals surface area contributed by atoms with Crippen molar-refractivity contribution in [2.45, 2.75) is 11.4 Å². The molecule has 0 saturated heterocycles. The highest BCUT2D eigenvalue weighted by Gasteiger charge is 2.16. The number of amides is 1. The molecule has 29 heavy (non-hydrogen) atoms. The van der Waals surface area contributed by atoms with Gasteiger partial charge in [-0.15, -0.1) is 0 Å². The fourth-order valence-electron chi connectivity index (χ4n) is 2.71. The molecule has 8 heteroatoms. The van der Waals surface area contributed by atoms with Crippen LogP contribution in [0.4, 0.5) is 5.69 Å². The number of sulfonamides is 1. The Morgan fingerprint density at radius 2 is 1.59 bits per heavy atom. The summed E-state index contributed by atoms with van der Waals surface area (Å²) in [5.41, 5.74) is 1.72. The van der Waals surface area contributed by atoms with Crippen LogP contribution in [0.2, 0.25) is 10.0 Å². The second-order valence-corrected chi connectivity index (χ2v) is 8.98. The molecule has 0 aromatic heterocycles. The van der Waals surface area contributed by atoms with Crippen LogP contribution in [0.25, 0.3) is 0 Å². The fraction of sp³-hybridized carbons (Fsp3) is 0.0952. The summed E-state index contributed by atoms with van der Waals surface area (Å²) in [5.74, 6) is -0.183. The second kappa shape index (κ2) is 8.86. The van der Waals surface area contributed by atoms with E-state index in [1.807, 2.05) is 12.1 Å². The number of benzene rings is 3. The topological polar surface area (TPSA) is 66.5 Å². The molecule has 0 aliphatic heterocycles. The predicted molar refractivity (Wildman–Crippen MR) is 116 cm³/mol. The fourth-order valence-corrected chi connectivity index (χ4v) is 4.11. The molecule has 0 radical (unpaired) electrons. The van der Waals surface area contributed by atoms with Gasteiger partial charge in [0, 0.05) is 34.9 Å². The summed E-state index contributed by atoms with van der Waals surface area (Å²) >= 11 is 11.8. The highest BCUT2D eigenvalue weighted by Crippen LogP contribution is 2.19. The molecule has 0 saturated carbocycles. The van der Waals surface area contributed by atoms with E-state index in [1.165, 1.54) is 24.3 Å². The molecule has 0 fully saturated rings. The minimum Gasteiger partial charge on any atom is -0.337 e. The number of nitrogens with one attached hydrogen (secondary N) is 1. The molecule has 0 bridgehead atoms. The maximum Gasteiger partial charge on any atom is 0.261 e. The first kappa shape index (κ1) is 21.2. The Hall–Kier alpha value is -2.54. The van der Waals surface area contributed by atoms with Crippen LogP contribution >= 0.6 is 23.2 Å². The molecular formula is C21H18Cl2N2O3S. The number of hydrogen-bond acceptors (Lipinski definition) is 3. The lowest BCUT2D eigenvalue weighted by Crippen LogP contribution is -2.26. The summed E-state index contributed by atoms with van der Waals surface area (Å²) in [7, 11) is -2.05. The molecule has 0 aliphatic carbocycles. The van der Waals surface area contributed by atoms with Crippen LogP contribution in [-0.4, -0.2) is 26.3 Å². The molecule has 0 unspecified atom stereocenters. The summed E-state index contributed by atoms with van der Waals surface area (Å²) in [6.45, 7) is 0.407. The summed E-state index contributed by atoms with van der Waals surface area (Å²) in [5, 5.41) is 1.06. The van der Waals surface area contributed by atoms with Crippen LogP contribution < -0.4 is 4.72 Å². The van der Waals surface area contributed by atoms with Crippen LogP contribution in [0, 0.1) is 0 Å². The molecule has 3 rings (SSSR count). The first-order valence-corrected chi connectivity index (χ1v) is 10.9. The average molecular weight is 449 g/mol. The Morgan fingerprint density at radius 1 is 0.931 bits per heavy atom. The molecule has 0 aliphatic rings. The van der Waals surface area contributed by atoms with E-state index in [1.54, 1.807) is 48.3 Å². The highest BCUT2D eigenvalue weighted by atomic mass is 35.5. The van der Waals surface area contributed by atoms with Crippen molar-refractivity contribution >= 4 is 44.8 Å². The van der Waals surface area contributed by atoms with Crippen molar-refractivity contribution < 1.29 is 13.2 Å². The first-order valence-electron chi connectivity index (χ1n) is 8.63. The number of carbonyl (C=O) groups excluding carboxylic acids is 1. The van der Waals surface area contributed by atoms with Crippen molar-refractivity contribution in [2.24, 2.45) is 0 Å². The average Bonchev–Trinajstić information content (AvgIpc) is 2.68. The van der Waals surface area contributed by atoms with Crippen molar-refractivity contribution in [3.05, 3.63) is 94.0 Å². The van der Waals surface area contributed by atoms with Gasteiger partial charge in [-0.1, -0.05) is 35.3 Å². The normalized spacial score (nSPS) is 11.1. The lowest BCUT2D eigenvalue weighted by molar-refractivity contribution is 0.0785. The Labute approximate surface area is 179 Å². The lowest BCUT2D eigenvalue weighted by atomic mass is 10.1. The van der Waals surface area contributed by atoms with Gasteiger partial charge >= 0.3 is 0 Å². The third-order valence-electron chi connectivity index (χ3n) is 4.16. The molecule has 3 aromatic rings. The number of rotatable bonds is 6. The summed E-state index contributed by atoms with van der Waals surface area (Å²) in [4.78, 5) is 14.3. The number of hydrogen-bond donors (Lipinski definition) is 1. The summed E-state index contributed by atoms with van der Waals surface area (Å²) < 4.78 is 27.3. The molecular weight excluding hydrogens is 431 g/mol. The predicted octanol–water partition coefficient (Wildman–Crippen LogP) is 5.07. The quantitative estimate of drug-likeness (QED) is 0.572. The monoisotopic (exact) mass is 448 g/mol. The van der Waals surface area contributed by atoms with Gasteiger partial charge in [-0.2, -0.15) is 0 Å². The van der Waals surface area contributed by atoms with Gasteiger partial charge in [0.1, 0.15) is 0 Å². The Bertz CT molecular complexity index is 1120. The van der Waals surface area contributed by atoms with Crippen molar-refractivity contribution in [1.82, 2.24) is 4.90 Å². The third kappa shape index (κ3) is 5.50. The molecule has 5 nitrogen and oxygen atoms in total. The zero-order chi connectivity index (χ0) is 21.0. The molecule has 1 amide bonds. The van der Waals surface area contributed by atoms with E-state index in [0.717, 1.165) is 5.56 Å². The summed E-state index contributed by atoms with van der Waals surface area (Å²) in [6, 6.07) is 19.4. The van der Waals surface area contributed by atoms with Crippen LogP contribution in [-0.2, 0) is 16.6 Å². The van der Waals surface area contributed by atoms with Gasteiger partial charge in [-0.05, 0) is 66.2 Å². The highest BCUT2D eigenvalue weighted by molar-refractivity contribution is 7.92. The Kier molecular flexibility index (Phi) is 6.47. The Morgan fingerprint density at radius 3 is 2.21 bits per heavy atom. The number of nitrogens with zero attached hydrogens (tertiary/aromatic N) is 1. The molecule has 0 spiro atoms. The SMILES string of the molecule is CN(Cc1cccc(Cl)c1)C(=O)c1ccc(NS(=O)(=O)c2ccc(Cl)cc2)cc1. The zero-order valence-electron chi connectivity index (χ0n) is 15.5. The van der Waals surface area contributed by atoms with Crippen LogP contribution in [0.15, 0.2) is 77.7 Å². The van der Waals surface area contributed by atoms with E-state index in [9.17, 15) is 13.2 Å². The van der Waals surface area contributed by atoms with E-state index in [0.29, 0.717) is 27.8 Å². The smallest absolute Gasteiger partial charge is 0.261 e. The van der Waals surface area contributed by atoms with Gasteiger partial charge in [0.05, 0.1) is 4.90 Å². The van der Waals surface area contributed by atoms with Crippen molar-refractivity contribution in [3.63, 3.8) is 0 Å². The minimum atomic E-state index is -3.74. The largest absolute Gasteiger partial charge is 0.337 e. The number of anilines is 1. The van der Waals surface area contributed by atoms with Gasteiger partial charge in [0.25, 0.3) is 15.9 Å². The first-order chi connectivity index (χ1) is 13.7. The van der Waals surface area contributed by atoms with Crippen molar-refractivity contribution in [2.75, 3.05) is 11.8 Å². The van der Waals surface area contributed by atoms with Gasteiger partial charge in [-0.25, -0.2) is 8.42 Å². The van der Waals surface area contributed by atoms with Gasteiger partial charge in [0.15, 0.2) is 0 Å². The van der Waals surface area contributed by atoms with Crippen LogP contribution in [0.3, 0.4) is 0 Å². The maximum absolute atomic E-state index is 12.6. The molecule has 0 heterocycles. The van der Waals surface area contributed by atoms with E-state index in [-0.39, 0.29) is 10.8 Å².